The molecule has 0 saturated heterocycles. The van der Waals surface area contributed by atoms with Gasteiger partial charge in [0.15, 0.2) is 5.76 Å². The summed E-state index contributed by atoms with van der Waals surface area (Å²) >= 11 is 3.40. The number of aryl methyl sites for hydroxylation is 1. The number of furan rings is 1. The quantitative estimate of drug-likeness (QED) is 0.676. The number of hydrogen-bond acceptors (Lipinski definition) is 2. The van der Waals surface area contributed by atoms with Crippen LogP contribution in [0, 0.1) is 0 Å². The van der Waals surface area contributed by atoms with Crippen molar-refractivity contribution in [2.45, 2.75) is 0 Å². The largest absolute Gasteiger partial charge is 0.453 e. The van der Waals surface area contributed by atoms with Gasteiger partial charge in [-0.15, -0.1) is 0 Å². The topological polar surface area (TPSA) is 35.1 Å². The minimum absolute atomic E-state index is 0.102. The predicted molar refractivity (Wildman–Crippen MR) is 72.8 cm³/mol. The zero-order valence-corrected chi connectivity index (χ0v) is 11.3. The van der Waals surface area contributed by atoms with Gasteiger partial charge in [0.2, 0.25) is 5.78 Å². The molecule has 0 bridgehead atoms. The van der Waals surface area contributed by atoms with Crippen molar-refractivity contribution in [2.75, 3.05) is 0 Å². The summed E-state index contributed by atoms with van der Waals surface area (Å²) in [6, 6.07) is 11.1. The molecule has 0 unspecified atom stereocenters. The van der Waals surface area contributed by atoms with E-state index in [9.17, 15) is 4.79 Å². The average molecular weight is 304 g/mol. The van der Waals surface area contributed by atoms with Crippen LogP contribution in [0.4, 0.5) is 0 Å². The molecule has 2 heterocycles. The third-order valence-electron chi connectivity index (χ3n) is 2.88. The van der Waals surface area contributed by atoms with Crippen molar-refractivity contribution >= 4 is 32.7 Å². The molecule has 0 fully saturated rings. The van der Waals surface area contributed by atoms with Crippen LogP contribution < -0.4 is 0 Å². The number of halogens is 1. The molecule has 0 N–H and O–H groups in total. The number of carbonyl (C=O) groups is 1. The van der Waals surface area contributed by atoms with Crippen molar-refractivity contribution in [1.82, 2.24) is 4.57 Å². The molecule has 0 radical (unpaired) electrons. The number of hydrogen-bond donors (Lipinski definition) is 0. The molecule has 3 rings (SSSR count). The lowest BCUT2D eigenvalue weighted by Crippen LogP contribution is -2.05. The standard InChI is InChI=1S/C14H10BrNO2/c1-16-6-2-3-11(16)14(17)13-8-9-7-10(15)4-5-12(9)18-13/h2-8H,1H3. The lowest BCUT2D eigenvalue weighted by molar-refractivity contribution is 0.100. The second-order valence-electron chi connectivity index (χ2n) is 4.13. The molecule has 90 valence electrons. The van der Waals surface area contributed by atoms with Crippen LogP contribution in [0.25, 0.3) is 11.0 Å². The van der Waals surface area contributed by atoms with Gasteiger partial charge in [0.1, 0.15) is 5.58 Å². The first-order valence-corrected chi connectivity index (χ1v) is 6.29. The van der Waals surface area contributed by atoms with E-state index in [1.165, 1.54) is 0 Å². The number of nitrogens with zero attached hydrogens (tertiary/aromatic N) is 1. The van der Waals surface area contributed by atoms with Crippen LogP contribution >= 0.6 is 15.9 Å². The number of rotatable bonds is 2. The highest BCUT2D eigenvalue weighted by Crippen LogP contribution is 2.24. The zero-order valence-electron chi connectivity index (χ0n) is 9.68. The van der Waals surface area contributed by atoms with E-state index in [4.69, 9.17) is 4.42 Å². The normalized spacial score (nSPS) is 11.0. The van der Waals surface area contributed by atoms with Gasteiger partial charge in [0.05, 0.1) is 5.69 Å². The second-order valence-corrected chi connectivity index (χ2v) is 5.04. The Bertz CT molecular complexity index is 739. The Morgan fingerprint density at radius 3 is 2.83 bits per heavy atom. The molecule has 4 heteroatoms. The van der Waals surface area contributed by atoms with E-state index in [1.54, 1.807) is 16.7 Å². The predicted octanol–water partition coefficient (Wildman–Crippen LogP) is 3.76. The summed E-state index contributed by atoms with van der Waals surface area (Å²) in [7, 11) is 1.84. The van der Waals surface area contributed by atoms with Crippen LogP contribution in [0.15, 0.2) is 51.5 Å². The SMILES string of the molecule is Cn1cccc1C(=O)c1cc2cc(Br)ccc2o1. The van der Waals surface area contributed by atoms with Crippen molar-refractivity contribution in [1.29, 1.82) is 0 Å². The van der Waals surface area contributed by atoms with Gasteiger partial charge in [-0.1, -0.05) is 15.9 Å². The maximum atomic E-state index is 12.3. The first-order valence-electron chi connectivity index (χ1n) is 5.50. The summed E-state index contributed by atoms with van der Waals surface area (Å²) in [4.78, 5) is 12.3. The fraction of sp³-hybridized carbons (Fsp3) is 0.0714. The van der Waals surface area contributed by atoms with Crippen LogP contribution in [0.1, 0.15) is 16.2 Å². The molecule has 0 aliphatic carbocycles. The summed E-state index contributed by atoms with van der Waals surface area (Å²) < 4.78 is 8.33. The number of ketones is 1. The molecule has 0 amide bonds. The number of aromatic nitrogens is 1. The van der Waals surface area contributed by atoms with Crippen molar-refractivity contribution < 1.29 is 9.21 Å². The molecule has 0 saturated carbocycles. The molecule has 0 aliphatic heterocycles. The Hall–Kier alpha value is -1.81. The summed E-state index contributed by atoms with van der Waals surface area (Å²) in [6.45, 7) is 0. The van der Waals surface area contributed by atoms with Gasteiger partial charge in [-0.05, 0) is 36.4 Å². The molecule has 18 heavy (non-hydrogen) atoms. The molecule has 1 aromatic carbocycles. The second kappa shape index (κ2) is 4.14. The van der Waals surface area contributed by atoms with E-state index in [-0.39, 0.29) is 5.78 Å². The van der Waals surface area contributed by atoms with E-state index in [2.05, 4.69) is 15.9 Å². The third kappa shape index (κ3) is 1.78. The summed E-state index contributed by atoms with van der Waals surface area (Å²) in [5, 5.41) is 0.918. The van der Waals surface area contributed by atoms with Crippen LogP contribution in [0.5, 0.6) is 0 Å². The van der Waals surface area contributed by atoms with E-state index < -0.39 is 0 Å². The van der Waals surface area contributed by atoms with Gasteiger partial charge in [-0.25, -0.2) is 0 Å². The Morgan fingerprint density at radius 1 is 1.28 bits per heavy atom. The molecule has 3 nitrogen and oxygen atoms in total. The van der Waals surface area contributed by atoms with Gasteiger partial charge in [-0.3, -0.25) is 4.79 Å². The van der Waals surface area contributed by atoms with E-state index in [0.717, 1.165) is 15.4 Å². The van der Waals surface area contributed by atoms with Crippen LogP contribution in [0.2, 0.25) is 0 Å². The fourth-order valence-electron chi connectivity index (χ4n) is 1.95. The molecule has 0 atom stereocenters. The van der Waals surface area contributed by atoms with Crippen molar-refractivity contribution in [3.05, 3.63) is 58.5 Å². The first kappa shape index (κ1) is 11.3. The smallest absolute Gasteiger partial charge is 0.244 e. The molecule has 0 aliphatic rings. The highest BCUT2D eigenvalue weighted by atomic mass is 79.9. The van der Waals surface area contributed by atoms with E-state index in [0.29, 0.717) is 11.5 Å². The summed E-state index contributed by atoms with van der Waals surface area (Å²) in [6.07, 6.45) is 1.84. The van der Waals surface area contributed by atoms with Gasteiger partial charge >= 0.3 is 0 Å². The Balaban J connectivity index is 2.10. The Kier molecular flexibility index (Phi) is 2.59. The maximum absolute atomic E-state index is 12.3. The molecule has 3 aromatic rings. The van der Waals surface area contributed by atoms with Crippen LogP contribution in [-0.2, 0) is 7.05 Å². The lowest BCUT2D eigenvalue weighted by Gasteiger charge is -1.98. The number of carbonyl (C=O) groups excluding carboxylic acids is 1. The zero-order chi connectivity index (χ0) is 12.7. The summed E-state index contributed by atoms with van der Waals surface area (Å²) in [5.74, 6) is 0.264. The highest BCUT2D eigenvalue weighted by Gasteiger charge is 2.16. The van der Waals surface area contributed by atoms with Gasteiger partial charge in [0, 0.05) is 23.1 Å². The lowest BCUT2D eigenvalue weighted by atomic mass is 10.2. The van der Waals surface area contributed by atoms with E-state index >= 15 is 0 Å². The Labute approximate surface area is 112 Å². The van der Waals surface area contributed by atoms with Gasteiger partial charge in [0.25, 0.3) is 0 Å². The van der Waals surface area contributed by atoms with Crippen LogP contribution in [0.3, 0.4) is 0 Å². The first-order chi connectivity index (χ1) is 8.65. The van der Waals surface area contributed by atoms with E-state index in [1.807, 2.05) is 37.5 Å². The maximum Gasteiger partial charge on any atom is 0.244 e. The van der Waals surface area contributed by atoms with Crippen molar-refractivity contribution in [3.63, 3.8) is 0 Å². The summed E-state index contributed by atoms with van der Waals surface area (Å²) in [5.41, 5.74) is 1.34. The number of fused-ring (bicyclic) bond motifs is 1. The monoisotopic (exact) mass is 303 g/mol. The molecule has 0 spiro atoms. The van der Waals surface area contributed by atoms with Gasteiger partial charge < -0.3 is 8.98 Å². The molecular formula is C14H10BrNO2. The third-order valence-corrected chi connectivity index (χ3v) is 3.37. The minimum Gasteiger partial charge on any atom is -0.453 e. The molecular weight excluding hydrogens is 294 g/mol. The van der Waals surface area contributed by atoms with Crippen molar-refractivity contribution in [2.24, 2.45) is 7.05 Å². The van der Waals surface area contributed by atoms with Crippen LogP contribution in [-0.4, -0.2) is 10.4 Å². The van der Waals surface area contributed by atoms with Crippen molar-refractivity contribution in [3.8, 4) is 0 Å². The van der Waals surface area contributed by atoms with Gasteiger partial charge in [-0.2, -0.15) is 0 Å². The average Bonchev–Trinajstić information content (AvgIpc) is 2.93. The highest BCUT2D eigenvalue weighted by molar-refractivity contribution is 9.10. The molecule has 2 aromatic heterocycles. The minimum atomic E-state index is -0.102. The Morgan fingerprint density at radius 2 is 2.11 bits per heavy atom. The number of benzene rings is 1. The fourth-order valence-corrected chi connectivity index (χ4v) is 2.33.